The molecule has 14 nitrogen and oxygen atoms in total. The smallest absolute Gasteiger partial charge is 0.379 e. The molecule has 36 heavy (non-hydrogen) atoms. The Hall–Kier alpha value is -4.37. The molecular formula is C22H21N7O7. The number of rotatable bonds is 7. The van der Waals surface area contributed by atoms with Crippen molar-refractivity contribution >= 4 is 35.1 Å². The van der Waals surface area contributed by atoms with E-state index >= 15 is 0 Å². The molecule has 1 aliphatic rings. The van der Waals surface area contributed by atoms with E-state index in [-0.39, 0.29) is 28.7 Å². The highest BCUT2D eigenvalue weighted by atomic mass is 16.6. The number of furan rings is 1. The number of ether oxygens (including phenoxy) is 2. The molecule has 0 unspecified atom stereocenters. The van der Waals surface area contributed by atoms with Crippen LogP contribution in [0.4, 0.5) is 11.8 Å². The van der Waals surface area contributed by atoms with E-state index in [4.69, 9.17) is 19.6 Å². The number of nitrogens with zero attached hydrogens (tertiary/aromatic N) is 5. The molecule has 0 bridgehead atoms. The number of hydrogen-bond donors (Lipinski definition) is 5. The number of hydrogen-bond acceptors (Lipinski definition) is 13. The number of esters is 1. The number of fused-ring (bicyclic) bond motifs is 1. The van der Waals surface area contributed by atoms with Gasteiger partial charge < -0.3 is 34.9 Å². The zero-order valence-electron chi connectivity index (χ0n) is 18.5. The fourth-order valence-electron chi connectivity index (χ4n) is 3.68. The summed E-state index contributed by atoms with van der Waals surface area (Å²) in [7, 11) is 0. The minimum atomic E-state index is -1.38. The van der Waals surface area contributed by atoms with Crippen LogP contribution in [0.2, 0.25) is 0 Å². The van der Waals surface area contributed by atoms with Crippen LogP contribution in [0.3, 0.4) is 0 Å². The summed E-state index contributed by atoms with van der Waals surface area (Å²) in [5, 5.41) is 34.3. The van der Waals surface area contributed by atoms with Gasteiger partial charge in [-0.1, -0.05) is 0 Å². The first-order chi connectivity index (χ1) is 17.5. The molecule has 4 aromatic rings. The number of nitrogens with one attached hydrogen (secondary N) is 1. The third-order valence-electron chi connectivity index (χ3n) is 5.47. The number of imidazole rings is 1. The van der Waals surface area contributed by atoms with E-state index < -0.39 is 37.1 Å². The number of aliphatic hydroxyl groups excluding tert-OH is 3. The Bertz CT molecular complexity index is 1390. The summed E-state index contributed by atoms with van der Waals surface area (Å²) in [6, 6.07) is 9.62. The van der Waals surface area contributed by atoms with Crippen molar-refractivity contribution in [1.82, 2.24) is 19.5 Å². The van der Waals surface area contributed by atoms with Crippen LogP contribution < -0.4 is 15.9 Å². The highest BCUT2D eigenvalue weighted by Gasteiger charge is 2.45. The third-order valence-corrected chi connectivity index (χ3v) is 5.47. The minimum Gasteiger partial charge on any atom is -0.457 e. The Balaban J connectivity index is 1.35. The molecule has 0 spiro atoms. The second kappa shape index (κ2) is 9.71. The maximum absolute atomic E-state index is 12.0. The number of nitrogens with two attached hydrogens (primary N) is 1. The summed E-state index contributed by atoms with van der Waals surface area (Å²) < 4.78 is 17.3. The Morgan fingerprint density at radius 1 is 1.22 bits per heavy atom. The fraction of sp³-hybridized carbons (Fsp3) is 0.227. The number of carbonyl (C=O) groups excluding carboxylic acids is 1. The molecule has 1 aromatic carbocycles. The summed E-state index contributed by atoms with van der Waals surface area (Å²) in [4.78, 5) is 24.4. The largest absolute Gasteiger partial charge is 0.457 e. The van der Waals surface area contributed by atoms with Crippen LogP contribution in [0.25, 0.3) is 11.2 Å². The summed E-state index contributed by atoms with van der Waals surface area (Å²) in [6.45, 7) is -0.494. The van der Waals surface area contributed by atoms with Gasteiger partial charge in [0.25, 0.3) is 0 Å². The van der Waals surface area contributed by atoms with E-state index in [0.717, 1.165) is 0 Å². The van der Waals surface area contributed by atoms with Gasteiger partial charge in [-0.2, -0.15) is 5.10 Å². The average Bonchev–Trinajstić information content (AvgIpc) is 3.60. The van der Waals surface area contributed by atoms with Crippen LogP contribution in [0.1, 0.15) is 22.3 Å². The maximum Gasteiger partial charge on any atom is 0.379 e. The Kier molecular flexibility index (Phi) is 6.30. The van der Waals surface area contributed by atoms with Crippen molar-refractivity contribution in [2.45, 2.75) is 24.5 Å². The maximum atomic E-state index is 12.0. The van der Waals surface area contributed by atoms with Crippen molar-refractivity contribution in [3.8, 4) is 5.75 Å². The van der Waals surface area contributed by atoms with Gasteiger partial charge in [-0.3, -0.25) is 4.57 Å². The summed E-state index contributed by atoms with van der Waals surface area (Å²) >= 11 is 0. The molecule has 6 N–H and O–H groups in total. The van der Waals surface area contributed by atoms with Crippen molar-refractivity contribution in [1.29, 1.82) is 0 Å². The van der Waals surface area contributed by atoms with Crippen molar-refractivity contribution in [3.05, 3.63) is 60.3 Å². The van der Waals surface area contributed by atoms with Crippen LogP contribution >= 0.6 is 0 Å². The van der Waals surface area contributed by atoms with Gasteiger partial charge in [-0.25, -0.2) is 25.2 Å². The van der Waals surface area contributed by atoms with Crippen LogP contribution in [-0.2, 0) is 4.74 Å². The van der Waals surface area contributed by atoms with Crippen molar-refractivity contribution < 1.29 is 34.0 Å². The topological polar surface area (TPSA) is 203 Å². The Morgan fingerprint density at radius 2 is 2.03 bits per heavy atom. The number of benzene rings is 1. The Morgan fingerprint density at radius 3 is 2.72 bits per heavy atom. The van der Waals surface area contributed by atoms with Crippen molar-refractivity contribution in [2.75, 3.05) is 17.8 Å². The predicted octanol–water partition coefficient (Wildman–Crippen LogP) is 0.278. The molecule has 0 radical (unpaired) electrons. The first kappa shape index (κ1) is 23.4. The summed E-state index contributed by atoms with van der Waals surface area (Å²) in [5.41, 5.74) is 9.81. The summed E-state index contributed by atoms with van der Waals surface area (Å²) in [6.07, 6.45) is -0.746. The quantitative estimate of drug-likeness (QED) is 0.101. The van der Waals surface area contributed by atoms with E-state index in [2.05, 4.69) is 25.5 Å². The van der Waals surface area contributed by atoms with Gasteiger partial charge in [0.05, 0.1) is 19.1 Å². The number of nitrogen functional groups attached to an aromatic ring is 1. The van der Waals surface area contributed by atoms with E-state index in [1.54, 1.807) is 30.3 Å². The molecule has 0 amide bonds. The Labute approximate surface area is 202 Å². The van der Waals surface area contributed by atoms with Crippen molar-refractivity contribution in [3.63, 3.8) is 0 Å². The van der Waals surface area contributed by atoms with Crippen LogP contribution in [0.15, 0.2) is 58.5 Å². The lowest BCUT2D eigenvalue weighted by atomic mass is 10.1. The van der Waals surface area contributed by atoms with E-state index in [0.29, 0.717) is 11.3 Å². The van der Waals surface area contributed by atoms with Gasteiger partial charge in [0.15, 0.2) is 23.2 Å². The molecule has 0 aliphatic carbocycles. The molecule has 14 heteroatoms. The molecule has 4 atom stereocenters. The number of hydrazone groups is 1. The molecular weight excluding hydrogens is 474 g/mol. The van der Waals surface area contributed by atoms with Gasteiger partial charge in [0.2, 0.25) is 11.7 Å². The molecule has 1 fully saturated rings. The van der Waals surface area contributed by atoms with Crippen LogP contribution in [0.5, 0.6) is 5.75 Å². The molecule has 5 rings (SSSR count). The second-order valence-electron chi connectivity index (χ2n) is 7.77. The first-order valence-electron chi connectivity index (χ1n) is 10.7. The highest BCUT2D eigenvalue weighted by Crippen LogP contribution is 2.35. The highest BCUT2D eigenvalue weighted by molar-refractivity contribution is 5.88. The number of anilines is 2. The van der Waals surface area contributed by atoms with Crippen LogP contribution in [-0.4, -0.2) is 71.9 Å². The van der Waals surface area contributed by atoms with Gasteiger partial charge >= 0.3 is 5.97 Å². The predicted molar refractivity (Wildman–Crippen MR) is 124 cm³/mol. The lowest BCUT2D eigenvalue weighted by Gasteiger charge is -2.18. The van der Waals surface area contributed by atoms with E-state index in [1.165, 1.54) is 29.4 Å². The lowest BCUT2D eigenvalue weighted by molar-refractivity contribution is -0.0501. The molecule has 1 saturated heterocycles. The fourth-order valence-corrected chi connectivity index (χ4v) is 3.68. The molecule has 4 heterocycles. The first-order valence-corrected chi connectivity index (χ1v) is 10.7. The number of carbonyl (C=O) groups is 1. The zero-order valence-corrected chi connectivity index (χ0v) is 18.5. The normalized spacial score (nSPS) is 21.9. The third kappa shape index (κ3) is 4.36. The monoisotopic (exact) mass is 495 g/mol. The summed E-state index contributed by atoms with van der Waals surface area (Å²) in [5.74, 6) is -0.00677. The molecule has 0 saturated carbocycles. The zero-order chi connectivity index (χ0) is 25.2. The van der Waals surface area contributed by atoms with E-state index in [9.17, 15) is 20.1 Å². The average molecular weight is 495 g/mol. The minimum absolute atomic E-state index is 0.0900. The van der Waals surface area contributed by atoms with Gasteiger partial charge in [0, 0.05) is 0 Å². The molecule has 3 aromatic heterocycles. The molecule has 1 aliphatic heterocycles. The second-order valence-corrected chi connectivity index (χ2v) is 7.77. The van der Waals surface area contributed by atoms with Crippen LogP contribution in [0, 0.1) is 0 Å². The SMILES string of the molecule is Nc1ncnc2c1nc(N/N=C/c1ccc(OC(=O)c3ccco3)cc1)n2[C@H]1O[C@@H](CO)[C@H](O)[C@@H]1O. The van der Waals surface area contributed by atoms with Crippen molar-refractivity contribution in [2.24, 2.45) is 5.10 Å². The number of aliphatic hydroxyl groups is 3. The van der Waals surface area contributed by atoms with Gasteiger partial charge in [0.1, 0.15) is 30.4 Å². The lowest BCUT2D eigenvalue weighted by Crippen LogP contribution is -2.33. The van der Waals surface area contributed by atoms with Gasteiger partial charge in [-0.15, -0.1) is 0 Å². The van der Waals surface area contributed by atoms with E-state index in [1.807, 2.05) is 0 Å². The molecule has 186 valence electrons. The number of aromatic nitrogens is 4. The standard InChI is InChI=1S/C22H21N7O7/c23-18-15-19(25-10-24-18)29(20-17(32)16(31)14(9-30)36-20)22(27-15)28-26-8-11-3-5-12(6-4-11)35-21(33)13-2-1-7-34-13/h1-8,10,14,16-17,20,30-32H,9H2,(H,27,28)(H2,23,24,25)/b26-8+/t14-,16-,17-,20-/m0/s1. The van der Waals surface area contributed by atoms with Gasteiger partial charge in [-0.05, 0) is 42.0 Å².